The van der Waals surface area contributed by atoms with Gasteiger partial charge in [-0.1, -0.05) is 19.1 Å². The molecule has 0 aliphatic heterocycles. The third kappa shape index (κ3) is 3.64. The summed E-state index contributed by atoms with van der Waals surface area (Å²) in [6.45, 7) is 1.90. The largest absolute Gasteiger partial charge is 0.332 e. The Labute approximate surface area is 121 Å². The molecule has 1 aromatic carbocycles. The number of aryl methyl sites for hydroxylation is 1. The van der Waals surface area contributed by atoms with Crippen LogP contribution in [0.2, 0.25) is 0 Å². The zero-order valence-electron chi connectivity index (χ0n) is 11.2. The number of non-ortho nitro benzene ring substituents is 1. The first-order valence-electron chi connectivity index (χ1n) is 6.19. The second-order valence-electron chi connectivity index (χ2n) is 4.30. The van der Waals surface area contributed by atoms with Crippen LogP contribution in [0.4, 0.5) is 5.69 Å². The van der Waals surface area contributed by atoms with Crippen LogP contribution in [0.15, 0.2) is 35.5 Å². The first kappa shape index (κ1) is 15.1. The molecule has 0 saturated heterocycles. The molecule has 0 saturated carbocycles. The Morgan fingerprint density at radius 1 is 1.33 bits per heavy atom. The Balaban J connectivity index is 2.06. The fourth-order valence-electron chi connectivity index (χ4n) is 1.65. The number of sulfonamides is 1. The van der Waals surface area contributed by atoms with Crippen molar-refractivity contribution < 1.29 is 13.3 Å². The summed E-state index contributed by atoms with van der Waals surface area (Å²) in [4.78, 5) is 16.7. The first-order valence-corrected chi connectivity index (χ1v) is 7.67. The normalized spacial score (nSPS) is 11.5. The van der Waals surface area contributed by atoms with Crippen LogP contribution in [0.5, 0.6) is 0 Å². The molecular formula is C12H14N4O4S. The molecule has 0 radical (unpaired) electrons. The molecule has 0 atom stereocenters. The number of hydrogen-bond acceptors (Lipinski definition) is 5. The fourth-order valence-corrected chi connectivity index (χ4v) is 2.61. The number of aromatic amines is 1. The standard InChI is InChI=1S/C12H14N4O4S/c1-2-11-13-8-12(15-11)21(19,20)14-7-9-3-5-10(6-4-9)16(17)18/h3-6,8,14H,2,7H2,1H3,(H,13,15). The maximum atomic E-state index is 12.0. The van der Waals surface area contributed by atoms with E-state index in [1.807, 2.05) is 6.92 Å². The third-order valence-corrected chi connectivity index (χ3v) is 4.15. The minimum atomic E-state index is -3.68. The zero-order chi connectivity index (χ0) is 15.5. The maximum Gasteiger partial charge on any atom is 0.269 e. The van der Waals surface area contributed by atoms with Crippen molar-refractivity contribution in [1.29, 1.82) is 0 Å². The third-order valence-electron chi connectivity index (χ3n) is 2.84. The molecular weight excluding hydrogens is 296 g/mol. The van der Waals surface area contributed by atoms with Crippen molar-refractivity contribution in [2.45, 2.75) is 24.9 Å². The Morgan fingerprint density at radius 2 is 2.00 bits per heavy atom. The number of nitrogens with zero attached hydrogens (tertiary/aromatic N) is 2. The molecule has 0 fully saturated rings. The average molecular weight is 310 g/mol. The van der Waals surface area contributed by atoms with E-state index in [-0.39, 0.29) is 17.3 Å². The van der Waals surface area contributed by atoms with Gasteiger partial charge in [0.15, 0.2) is 5.03 Å². The van der Waals surface area contributed by atoms with E-state index < -0.39 is 14.9 Å². The molecule has 0 spiro atoms. The van der Waals surface area contributed by atoms with E-state index in [2.05, 4.69) is 14.7 Å². The molecule has 2 rings (SSSR count). The van der Waals surface area contributed by atoms with E-state index in [0.717, 1.165) is 0 Å². The molecule has 9 heteroatoms. The zero-order valence-corrected chi connectivity index (χ0v) is 12.1. The average Bonchev–Trinajstić information content (AvgIpc) is 2.95. The van der Waals surface area contributed by atoms with E-state index in [1.54, 1.807) is 0 Å². The number of nitrogens with one attached hydrogen (secondary N) is 2. The van der Waals surface area contributed by atoms with Gasteiger partial charge < -0.3 is 4.98 Å². The predicted molar refractivity (Wildman–Crippen MR) is 75.1 cm³/mol. The van der Waals surface area contributed by atoms with Crippen molar-refractivity contribution in [2.24, 2.45) is 0 Å². The number of benzene rings is 1. The lowest BCUT2D eigenvalue weighted by Gasteiger charge is -2.04. The number of nitro benzene ring substituents is 1. The van der Waals surface area contributed by atoms with Gasteiger partial charge in [-0.05, 0) is 5.56 Å². The molecule has 2 N–H and O–H groups in total. The topological polar surface area (TPSA) is 118 Å². The lowest BCUT2D eigenvalue weighted by Crippen LogP contribution is -2.23. The summed E-state index contributed by atoms with van der Waals surface area (Å²) in [5.41, 5.74) is 0.585. The van der Waals surface area contributed by atoms with Gasteiger partial charge in [0.2, 0.25) is 0 Å². The number of imidazole rings is 1. The van der Waals surface area contributed by atoms with Gasteiger partial charge in [-0.25, -0.2) is 18.1 Å². The summed E-state index contributed by atoms with van der Waals surface area (Å²) in [6, 6.07) is 5.67. The maximum absolute atomic E-state index is 12.0. The molecule has 112 valence electrons. The minimum absolute atomic E-state index is 0.00117. The van der Waals surface area contributed by atoms with Gasteiger partial charge in [-0.15, -0.1) is 0 Å². The Bertz CT molecular complexity index is 737. The van der Waals surface area contributed by atoms with E-state index in [4.69, 9.17) is 0 Å². The number of H-pyrrole nitrogens is 1. The van der Waals surface area contributed by atoms with Crippen LogP contribution in [0.25, 0.3) is 0 Å². The van der Waals surface area contributed by atoms with Crippen LogP contribution in [-0.4, -0.2) is 23.3 Å². The molecule has 0 aliphatic carbocycles. The fraction of sp³-hybridized carbons (Fsp3) is 0.250. The smallest absolute Gasteiger partial charge is 0.269 e. The summed E-state index contributed by atoms with van der Waals surface area (Å²) >= 11 is 0. The van der Waals surface area contributed by atoms with Crippen molar-refractivity contribution in [3.63, 3.8) is 0 Å². The number of hydrogen-bond donors (Lipinski definition) is 2. The predicted octanol–water partition coefficient (Wildman–Crippen LogP) is 1.36. The monoisotopic (exact) mass is 310 g/mol. The van der Waals surface area contributed by atoms with Crippen LogP contribution >= 0.6 is 0 Å². The highest BCUT2D eigenvalue weighted by Gasteiger charge is 2.16. The first-order chi connectivity index (χ1) is 9.92. The van der Waals surface area contributed by atoms with Gasteiger partial charge in [0, 0.05) is 25.1 Å². The molecule has 1 heterocycles. The van der Waals surface area contributed by atoms with Crippen LogP contribution in [0, 0.1) is 10.1 Å². The number of rotatable bonds is 6. The van der Waals surface area contributed by atoms with E-state index in [9.17, 15) is 18.5 Å². The molecule has 1 aromatic heterocycles. The van der Waals surface area contributed by atoms with Crippen LogP contribution < -0.4 is 4.72 Å². The van der Waals surface area contributed by atoms with Crippen molar-refractivity contribution in [1.82, 2.24) is 14.7 Å². The molecule has 0 unspecified atom stereocenters. The SMILES string of the molecule is CCc1ncc(S(=O)(=O)NCc2ccc([N+](=O)[O-])cc2)[nH]1. The number of nitro groups is 1. The lowest BCUT2D eigenvalue weighted by molar-refractivity contribution is -0.384. The Morgan fingerprint density at radius 3 is 2.52 bits per heavy atom. The van der Waals surface area contributed by atoms with Gasteiger partial charge in [0.05, 0.1) is 11.1 Å². The molecule has 8 nitrogen and oxygen atoms in total. The highest BCUT2D eigenvalue weighted by molar-refractivity contribution is 7.89. The second-order valence-corrected chi connectivity index (χ2v) is 6.03. The van der Waals surface area contributed by atoms with Crippen molar-refractivity contribution >= 4 is 15.7 Å². The lowest BCUT2D eigenvalue weighted by atomic mass is 10.2. The van der Waals surface area contributed by atoms with Gasteiger partial charge >= 0.3 is 0 Å². The van der Waals surface area contributed by atoms with Gasteiger partial charge in [-0.3, -0.25) is 10.1 Å². The summed E-state index contributed by atoms with van der Waals surface area (Å²) < 4.78 is 26.4. The summed E-state index contributed by atoms with van der Waals surface area (Å²) in [7, 11) is -3.68. The molecule has 0 aliphatic rings. The quantitative estimate of drug-likeness (QED) is 0.617. The Hall–Kier alpha value is -2.26. The van der Waals surface area contributed by atoms with Crippen molar-refractivity contribution in [3.05, 3.63) is 52.0 Å². The van der Waals surface area contributed by atoms with Crippen LogP contribution in [0.3, 0.4) is 0 Å². The van der Waals surface area contributed by atoms with Gasteiger partial charge in [-0.2, -0.15) is 0 Å². The van der Waals surface area contributed by atoms with Gasteiger partial charge in [0.25, 0.3) is 15.7 Å². The number of aromatic nitrogens is 2. The van der Waals surface area contributed by atoms with Crippen molar-refractivity contribution in [2.75, 3.05) is 0 Å². The van der Waals surface area contributed by atoms with E-state index >= 15 is 0 Å². The highest BCUT2D eigenvalue weighted by atomic mass is 32.2. The summed E-state index contributed by atoms with van der Waals surface area (Å²) in [5.74, 6) is 0.589. The van der Waals surface area contributed by atoms with Crippen LogP contribution in [-0.2, 0) is 23.0 Å². The molecule has 0 bridgehead atoms. The van der Waals surface area contributed by atoms with Crippen molar-refractivity contribution in [3.8, 4) is 0 Å². The van der Waals surface area contributed by atoms with Gasteiger partial charge in [0.1, 0.15) is 5.82 Å². The summed E-state index contributed by atoms with van der Waals surface area (Å²) in [6.07, 6.45) is 1.87. The summed E-state index contributed by atoms with van der Waals surface area (Å²) in [5, 5.41) is 10.5. The van der Waals surface area contributed by atoms with E-state index in [1.165, 1.54) is 30.5 Å². The highest BCUT2D eigenvalue weighted by Crippen LogP contribution is 2.13. The molecule has 0 amide bonds. The minimum Gasteiger partial charge on any atom is -0.332 e. The Kier molecular flexibility index (Phi) is 4.34. The molecule has 21 heavy (non-hydrogen) atoms. The van der Waals surface area contributed by atoms with E-state index in [0.29, 0.717) is 17.8 Å². The second kappa shape index (κ2) is 6.02. The van der Waals surface area contributed by atoms with Crippen LogP contribution in [0.1, 0.15) is 18.3 Å². The molecule has 2 aromatic rings.